The quantitative estimate of drug-likeness (QED) is 0.714. The van der Waals surface area contributed by atoms with E-state index in [0.29, 0.717) is 23.9 Å². The van der Waals surface area contributed by atoms with Crippen LogP contribution in [0.2, 0.25) is 0 Å². The smallest absolute Gasteiger partial charge is 0.273 e. The molecule has 3 aromatic heterocycles. The first-order chi connectivity index (χ1) is 12.6. The summed E-state index contributed by atoms with van der Waals surface area (Å²) in [7, 11) is 1.98. The van der Waals surface area contributed by atoms with Crippen LogP contribution in [0.5, 0.6) is 0 Å². The number of aromatic nitrogens is 6. The SMILES string of the molecule is CCc1cc(C(=O)NC2CC(c3nnc(Cn4ccnc4)n3C)C2)no1. The fourth-order valence-corrected chi connectivity index (χ4v) is 3.20. The molecule has 0 radical (unpaired) electrons. The van der Waals surface area contributed by atoms with Gasteiger partial charge < -0.3 is 19.0 Å². The fourth-order valence-electron chi connectivity index (χ4n) is 3.20. The summed E-state index contributed by atoms with van der Waals surface area (Å²) in [5, 5.41) is 15.4. The third-order valence-corrected chi connectivity index (χ3v) is 4.86. The summed E-state index contributed by atoms with van der Waals surface area (Å²) in [6.45, 7) is 2.60. The van der Waals surface area contributed by atoms with E-state index in [1.54, 1.807) is 18.6 Å². The average molecular weight is 355 g/mol. The Morgan fingerprint density at radius 1 is 1.38 bits per heavy atom. The van der Waals surface area contributed by atoms with Crippen LogP contribution in [-0.4, -0.2) is 41.4 Å². The van der Waals surface area contributed by atoms with Crippen molar-refractivity contribution < 1.29 is 9.32 Å². The van der Waals surface area contributed by atoms with Gasteiger partial charge in [0, 0.05) is 43.9 Å². The minimum absolute atomic E-state index is 0.128. The number of rotatable bonds is 6. The molecule has 0 spiro atoms. The standard InChI is InChI=1S/C17H21N7O2/c1-3-13-8-14(22-26-13)17(25)19-12-6-11(7-12)16-21-20-15(23(16)2)9-24-5-4-18-10-24/h4-5,8,10-12H,3,6-7,9H2,1-2H3,(H,19,25). The average Bonchev–Trinajstić information content (AvgIpc) is 3.34. The zero-order valence-corrected chi connectivity index (χ0v) is 14.8. The molecule has 3 aromatic rings. The van der Waals surface area contributed by atoms with Crippen molar-refractivity contribution in [3.05, 3.63) is 47.9 Å². The van der Waals surface area contributed by atoms with Crippen molar-refractivity contribution in [3.63, 3.8) is 0 Å². The number of nitrogens with one attached hydrogen (secondary N) is 1. The Labute approximate surface area is 150 Å². The predicted molar refractivity (Wildman–Crippen MR) is 91.4 cm³/mol. The summed E-state index contributed by atoms with van der Waals surface area (Å²) in [4.78, 5) is 16.2. The van der Waals surface area contributed by atoms with E-state index in [2.05, 4.69) is 25.7 Å². The molecule has 1 amide bonds. The molecule has 0 atom stereocenters. The van der Waals surface area contributed by atoms with E-state index in [4.69, 9.17) is 4.52 Å². The van der Waals surface area contributed by atoms with Crippen molar-refractivity contribution in [2.75, 3.05) is 0 Å². The van der Waals surface area contributed by atoms with Gasteiger partial charge in [0.05, 0.1) is 12.9 Å². The molecule has 1 aliphatic rings. The van der Waals surface area contributed by atoms with Crippen molar-refractivity contribution in [1.29, 1.82) is 0 Å². The number of imidazole rings is 1. The molecule has 3 heterocycles. The van der Waals surface area contributed by atoms with Gasteiger partial charge in [0.15, 0.2) is 11.5 Å². The largest absolute Gasteiger partial charge is 0.361 e. The summed E-state index contributed by atoms with van der Waals surface area (Å²) < 4.78 is 9.08. The molecule has 0 saturated heterocycles. The molecule has 1 N–H and O–H groups in total. The zero-order valence-electron chi connectivity index (χ0n) is 14.8. The second-order valence-corrected chi connectivity index (χ2v) is 6.64. The van der Waals surface area contributed by atoms with Crippen LogP contribution >= 0.6 is 0 Å². The highest BCUT2D eigenvalue weighted by Gasteiger charge is 2.35. The minimum atomic E-state index is -0.185. The van der Waals surface area contributed by atoms with Gasteiger partial charge in [-0.3, -0.25) is 4.79 Å². The zero-order chi connectivity index (χ0) is 18.1. The van der Waals surface area contributed by atoms with Crippen molar-refractivity contribution in [2.45, 2.75) is 44.7 Å². The maximum Gasteiger partial charge on any atom is 0.273 e. The Balaban J connectivity index is 1.33. The summed E-state index contributed by atoms with van der Waals surface area (Å²) in [6, 6.07) is 1.82. The normalized spacial score (nSPS) is 19.3. The highest BCUT2D eigenvalue weighted by molar-refractivity contribution is 5.92. The molecule has 1 saturated carbocycles. The van der Waals surface area contributed by atoms with E-state index in [1.807, 2.05) is 29.3 Å². The molecule has 136 valence electrons. The Morgan fingerprint density at radius 3 is 2.92 bits per heavy atom. The maximum absolute atomic E-state index is 12.2. The van der Waals surface area contributed by atoms with Gasteiger partial charge in [-0.25, -0.2) is 4.98 Å². The van der Waals surface area contributed by atoms with E-state index in [0.717, 1.165) is 30.9 Å². The number of carbonyl (C=O) groups excluding carboxylic acids is 1. The summed E-state index contributed by atoms with van der Waals surface area (Å²) in [5.74, 6) is 2.68. The first kappa shape index (κ1) is 16.5. The lowest BCUT2D eigenvalue weighted by atomic mass is 9.79. The summed E-state index contributed by atoms with van der Waals surface area (Å²) in [5.41, 5.74) is 0.339. The van der Waals surface area contributed by atoms with Gasteiger partial charge in [0.25, 0.3) is 5.91 Å². The van der Waals surface area contributed by atoms with Crippen LogP contribution in [0.25, 0.3) is 0 Å². The van der Waals surface area contributed by atoms with Gasteiger partial charge in [0.1, 0.15) is 11.6 Å². The van der Waals surface area contributed by atoms with Gasteiger partial charge in [0.2, 0.25) is 0 Å². The molecular formula is C17H21N7O2. The predicted octanol–water partition coefficient (Wildman–Crippen LogP) is 1.29. The summed E-state index contributed by atoms with van der Waals surface area (Å²) >= 11 is 0. The van der Waals surface area contributed by atoms with Crippen molar-refractivity contribution in [2.24, 2.45) is 7.05 Å². The highest BCUT2D eigenvalue weighted by atomic mass is 16.5. The molecule has 0 unspecified atom stereocenters. The van der Waals surface area contributed by atoms with Crippen LogP contribution in [0, 0.1) is 0 Å². The molecule has 0 bridgehead atoms. The van der Waals surface area contributed by atoms with Gasteiger partial charge in [-0.1, -0.05) is 12.1 Å². The van der Waals surface area contributed by atoms with Crippen molar-refractivity contribution in [1.82, 2.24) is 34.8 Å². The Morgan fingerprint density at radius 2 is 2.23 bits per heavy atom. The molecule has 9 nitrogen and oxygen atoms in total. The number of aryl methyl sites for hydroxylation is 1. The van der Waals surface area contributed by atoms with E-state index in [1.165, 1.54) is 0 Å². The van der Waals surface area contributed by atoms with Crippen LogP contribution in [0.1, 0.15) is 53.6 Å². The maximum atomic E-state index is 12.2. The van der Waals surface area contributed by atoms with Gasteiger partial charge in [-0.05, 0) is 12.8 Å². The Bertz CT molecular complexity index is 890. The lowest BCUT2D eigenvalue weighted by Gasteiger charge is -2.34. The molecule has 26 heavy (non-hydrogen) atoms. The van der Waals surface area contributed by atoms with Gasteiger partial charge in [-0.2, -0.15) is 0 Å². The molecule has 0 aromatic carbocycles. The fraction of sp³-hybridized carbons (Fsp3) is 0.471. The van der Waals surface area contributed by atoms with Gasteiger partial charge in [-0.15, -0.1) is 10.2 Å². The Kier molecular flexibility index (Phi) is 4.27. The van der Waals surface area contributed by atoms with E-state index >= 15 is 0 Å². The monoisotopic (exact) mass is 355 g/mol. The molecule has 1 aliphatic carbocycles. The van der Waals surface area contributed by atoms with Crippen LogP contribution in [0.3, 0.4) is 0 Å². The number of carbonyl (C=O) groups is 1. The lowest BCUT2D eigenvalue weighted by molar-refractivity contribution is 0.0897. The van der Waals surface area contributed by atoms with E-state index in [-0.39, 0.29) is 11.9 Å². The second-order valence-electron chi connectivity index (χ2n) is 6.64. The topological polar surface area (TPSA) is 104 Å². The molecular weight excluding hydrogens is 334 g/mol. The molecule has 9 heteroatoms. The number of amides is 1. The van der Waals surface area contributed by atoms with Crippen LogP contribution in [-0.2, 0) is 20.0 Å². The second kappa shape index (κ2) is 6.74. The van der Waals surface area contributed by atoms with E-state index in [9.17, 15) is 4.79 Å². The molecule has 1 fully saturated rings. The van der Waals surface area contributed by atoms with Crippen LogP contribution < -0.4 is 5.32 Å². The van der Waals surface area contributed by atoms with Crippen molar-refractivity contribution >= 4 is 5.91 Å². The number of hydrogen-bond donors (Lipinski definition) is 1. The van der Waals surface area contributed by atoms with Crippen molar-refractivity contribution in [3.8, 4) is 0 Å². The first-order valence-electron chi connectivity index (χ1n) is 8.74. The third kappa shape index (κ3) is 3.12. The highest BCUT2D eigenvalue weighted by Crippen LogP contribution is 2.36. The summed E-state index contributed by atoms with van der Waals surface area (Å²) in [6.07, 6.45) is 7.82. The van der Waals surface area contributed by atoms with Crippen LogP contribution in [0.15, 0.2) is 29.3 Å². The Hall–Kier alpha value is -2.97. The minimum Gasteiger partial charge on any atom is -0.361 e. The van der Waals surface area contributed by atoms with Gasteiger partial charge >= 0.3 is 0 Å². The van der Waals surface area contributed by atoms with E-state index < -0.39 is 0 Å². The number of nitrogens with zero attached hydrogens (tertiary/aromatic N) is 6. The first-order valence-corrected chi connectivity index (χ1v) is 8.74. The van der Waals surface area contributed by atoms with Crippen LogP contribution in [0.4, 0.5) is 0 Å². The lowest BCUT2D eigenvalue weighted by Crippen LogP contribution is -2.44. The third-order valence-electron chi connectivity index (χ3n) is 4.86. The number of hydrogen-bond acceptors (Lipinski definition) is 6. The molecule has 4 rings (SSSR count). The molecule has 0 aliphatic heterocycles.